The van der Waals surface area contributed by atoms with Crippen molar-refractivity contribution in [3.05, 3.63) is 155 Å². The monoisotopic (exact) mass is 590 g/mol. The largest absolute Gasteiger partial charge is 0.0616 e. The number of aryl methyl sites for hydroxylation is 2. The molecule has 0 heteroatoms. The van der Waals surface area contributed by atoms with Gasteiger partial charge in [-0.15, -0.1) is 0 Å². The average molecular weight is 591 g/mol. The van der Waals surface area contributed by atoms with Crippen LogP contribution in [0.3, 0.4) is 0 Å². The lowest BCUT2D eigenvalue weighted by Gasteiger charge is -2.24. The highest BCUT2D eigenvalue weighted by atomic mass is 14.5. The van der Waals surface area contributed by atoms with E-state index in [-0.39, 0.29) is 10.8 Å². The van der Waals surface area contributed by atoms with Crippen LogP contribution in [0.5, 0.6) is 0 Å². The summed E-state index contributed by atoms with van der Waals surface area (Å²) in [7, 11) is 0. The van der Waals surface area contributed by atoms with Gasteiger partial charge in [-0.2, -0.15) is 0 Å². The van der Waals surface area contributed by atoms with Crippen molar-refractivity contribution in [3.63, 3.8) is 0 Å². The zero-order valence-electron chi connectivity index (χ0n) is 27.5. The minimum absolute atomic E-state index is 0.102. The topological polar surface area (TPSA) is 0 Å². The van der Waals surface area contributed by atoms with Crippen molar-refractivity contribution in [2.45, 2.75) is 52.4 Å². The molecular weight excluding hydrogens is 553 g/mol. The second-order valence-corrected chi connectivity index (χ2v) is 14.7. The number of hydrogen-bond donors (Lipinski definition) is 0. The number of hydrogen-bond acceptors (Lipinski definition) is 0. The summed E-state index contributed by atoms with van der Waals surface area (Å²) < 4.78 is 0. The molecule has 7 aromatic carbocycles. The Bertz CT molecular complexity index is 2250. The molecule has 222 valence electrons. The molecule has 0 saturated heterocycles. The van der Waals surface area contributed by atoms with Crippen molar-refractivity contribution < 1.29 is 0 Å². The van der Waals surface area contributed by atoms with Crippen LogP contribution in [0.2, 0.25) is 0 Å². The maximum Gasteiger partial charge on any atom is 0.0159 e. The Morgan fingerprint density at radius 1 is 0.370 bits per heavy atom. The summed E-state index contributed by atoms with van der Waals surface area (Å²) in [5.41, 5.74) is 19.2. The van der Waals surface area contributed by atoms with Gasteiger partial charge in [-0.05, 0) is 138 Å². The third kappa shape index (κ3) is 3.62. The first-order valence-electron chi connectivity index (χ1n) is 16.6. The molecule has 2 aliphatic rings. The van der Waals surface area contributed by atoms with Crippen molar-refractivity contribution in [3.8, 4) is 44.5 Å². The molecule has 0 atom stereocenters. The Morgan fingerprint density at radius 3 is 1.20 bits per heavy atom. The quantitative estimate of drug-likeness (QED) is 0.188. The van der Waals surface area contributed by atoms with E-state index in [9.17, 15) is 0 Å². The summed E-state index contributed by atoms with van der Waals surface area (Å²) >= 11 is 0. The minimum Gasteiger partial charge on any atom is -0.0616 e. The fourth-order valence-electron chi connectivity index (χ4n) is 8.88. The van der Waals surface area contributed by atoms with Crippen LogP contribution in [0.1, 0.15) is 61.1 Å². The molecule has 0 spiro atoms. The van der Waals surface area contributed by atoms with Crippen molar-refractivity contribution in [2.75, 3.05) is 0 Å². The maximum absolute atomic E-state index is 2.56. The molecule has 0 unspecified atom stereocenters. The Balaban J connectivity index is 1.22. The summed E-state index contributed by atoms with van der Waals surface area (Å²) in [6.45, 7) is 14.3. The highest BCUT2D eigenvalue weighted by Crippen LogP contribution is 2.58. The van der Waals surface area contributed by atoms with Crippen LogP contribution >= 0.6 is 0 Å². The van der Waals surface area contributed by atoms with Gasteiger partial charge in [-0.3, -0.25) is 0 Å². The summed E-state index contributed by atoms with van der Waals surface area (Å²) in [5, 5.41) is 5.20. The van der Waals surface area contributed by atoms with E-state index in [1.54, 1.807) is 0 Å². The van der Waals surface area contributed by atoms with E-state index in [4.69, 9.17) is 0 Å². The first-order chi connectivity index (χ1) is 22.1. The normalized spacial score (nSPS) is 15.1. The Morgan fingerprint density at radius 2 is 0.761 bits per heavy atom. The van der Waals surface area contributed by atoms with Crippen LogP contribution in [0, 0.1) is 13.8 Å². The van der Waals surface area contributed by atoms with Gasteiger partial charge in [0.05, 0.1) is 0 Å². The standard InChI is InChI=1S/C46H38/c1-27-21-31(35-19-11-15-29-13-7-9-17-33(29)35)23-41-43(27)37-25-40-38(26-39(37)45(41,3)4)44-28(2)22-32(24-42(44)46(40,5)6)36-20-12-16-30-14-8-10-18-34(30)36/h7-26H,1-6H3. The summed E-state index contributed by atoms with van der Waals surface area (Å²) in [4.78, 5) is 0. The lowest BCUT2D eigenvalue weighted by Crippen LogP contribution is -2.17. The van der Waals surface area contributed by atoms with Gasteiger partial charge < -0.3 is 0 Å². The van der Waals surface area contributed by atoms with Gasteiger partial charge >= 0.3 is 0 Å². The Labute approximate surface area is 272 Å². The average Bonchev–Trinajstić information content (AvgIpc) is 3.42. The molecule has 0 saturated carbocycles. The zero-order chi connectivity index (χ0) is 31.5. The predicted molar refractivity (Wildman–Crippen MR) is 197 cm³/mol. The second-order valence-electron chi connectivity index (χ2n) is 14.7. The van der Waals surface area contributed by atoms with Gasteiger partial charge in [0, 0.05) is 10.8 Å². The van der Waals surface area contributed by atoms with E-state index in [1.807, 2.05) is 0 Å². The van der Waals surface area contributed by atoms with Crippen molar-refractivity contribution in [1.82, 2.24) is 0 Å². The van der Waals surface area contributed by atoms with E-state index >= 15 is 0 Å². The predicted octanol–water partition coefficient (Wildman–Crippen LogP) is 12.6. The molecule has 7 aromatic rings. The highest BCUT2D eigenvalue weighted by molar-refractivity contribution is 6.00. The maximum atomic E-state index is 2.56. The van der Waals surface area contributed by atoms with Gasteiger partial charge in [-0.25, -0.2) is 0 Å². The van der Waals surface area contributed by atoms with Crippen molar-refractivity contribution in [1.29, 1.82) is 0 Å². The van der Waals surface area contributed by atoms with E-state index in [2.05, 4.69) is 163 Å². The lowest BCUT2D eigenvalue weighted by atomic mass is 9.78. The Kier molecular flexibility index (Phi) is 5.54. The summed E-state index contributed by atoms with van der Waals surface area (Å²) in [6.07, 6.45) is 0. The SMILES string of the molecule is Cc1cc(-c2cccc3ccccc23)cc2c1-c1cc3c(cc1C2(C)C)-c1c(C)cc(-c2cccc4ccccc24)cc1C3(C)C. The molecule has 0 amide bonds. The summed E-state index contributed by atoms with van der Waals surface area (Å²) in [5.74, 6) is 0. The third-order valence-electron chi connectivity index (χ3n) is 11.3. The fraction of sp³-hybridized carbons (Fsp3) is 0.174. The van der Waals surface area contributed by atoms with Crippen molar-refractivity contribution >= 4 is 21.5 Å². The van der Waals surface area contributed by atoms with E-state index in [0.717, 1.165) is 0 Å². The molecule has 0 bridgehead atoms. The van der Waals surface area contributed by atoms with Crippen LogP contribution in [-0.4, -0.2) is 0 Å². The molecular formula is C46H38. The summed E-state index contributed by atoms with van der Waals surface area (Å²) in [6, 6.07) is 45.8. The molecule has 46 heavy (non-hydrogen) atoms. The van der Waals surface area contributed by atoms with Gasteiger partial charge in [-0.1, -0.05) is 125 Å². The third-order valence-corrected chi connectivity index (χ3v) is 11.3. The highest BCUT2D eigenvalue weighted by Gasteiger charge is 2.43. The molecule has 9 rings (SSSR count). The van der Waals surface area contributed by atoms with Crippen LogP contribution in [-0.2, 0) is 10.8 Å². The van der Waals surface area contributed by atoms with E-state index in [0.29, 0.717) is 0 Å². The number of rotatable bonds is 2. The smallest absolute Gasteiger partial charge is 0.0159 e. The van der Waals surface area contributed by atoms with Crippen LogP contribution < -0.4 is 0 Å². The molecule has 0 aliphatic heterocycles. The first-order valence-corrected chi connectivity index (χ1v) is 16.6. The second kappa shape index (κ2) is 9.30. The van der Waals surface area contributed by atoms with Gasteiger partial charge in [0.1, 0.15) is 0 Å². The van der Waals surface area contributed by atoms with Gasteiger partial charge in [0.15, 0.2) is 0 Å². The number of benzene rings is 7. The zero-order valence-corrected chi connectivity index (χ0v) is 27.5. The lowest BCUT2D eigenvalue weighted by molar-refractivity contribution is 0.652. The number of fused-ring (bicyclic) bond motifs is 8. The Hall–Kier alpha value is -4.94. The molecule has 0 radical (unpaired) electrons. The van der Waals surface area contributed by atoms with Crippen molar-refractivity contribution in [2.24, 2.45) is 0 Å². The van der Waals surface area contributed by atoms with Crippen LogP contribution in [0.15, 0.2) is 121 Å². The molecule has 0 N–H and O–H groups in total. The van der Waals surface area contributed by atoms with E-state index < -0.39 is 0 Å². The first kappa shape index (κ1) is 27.4. The van der Waals surface area contributed by atoms with Crippen LogP contribution in [0.25, 0.3) is 66.1 Å². The van der Waals surface area contributed by atoms with Gasteiger partial charge in [0.2, 0.25) is 0 Å². The molecule has 0 aromatic heterocycles. The fourth-order valence-corrected chi connectivity index (χ4v) is 8.88. The molecule has 2 aliphatic carbocycles. The van der Waals surface area contributed by atoms with Gasteiger partial charge in [0.25, 0.3) is 0 Å². The van der Waals surface area contributed by atoms with E-state index in [1.165, 1.54) is 99.4 Å². The van der Waals surface area contributed by atoms with Crippen LogP contribution in [0.4, 0.5) is 0 Å². The molecule has 0 heterocycles. The molecule has 0 fully saturated rings. The minimum atomic E-state index is -0.102. The molecule has 0 nitrogen and oxygen atoms in total.